The molecule has 0 radical (unpaired) electrons. The van der Waals surface area contributed by atoms with Gasteiger partial charge in [0.2, 0.25) is 0 Å². The standard InChI is InChI=1S/C14H20O/c1-9-7-10(2)13(11(3)8-9)14(4,15)12-5-6-12/h7-8,12,15H,5-6H2,1-4H3/t14-/m0/s1. The van der Waals surface area contributed by atoms with Crippen molar-refractivity contribution in [3.05, 3.63) is 34.4 Å². The molecule has 1 fully saturated rings. The minimum Gasteiger partial charge on any atom is -0.385 e. The van der Waals surface area contributed by atoms with Gasteiger partial charge in [0.25, 0.3) is 0 Å². The van der Waals surface area contributed by atoms with Crippen molar-refractivity contribution < 1.29 is 5.11 Å². The fraction of sp³-hybridized carbons (Fsp3) is 0.571. The summed E-state index contributed by atoms with van der Waals surface area (Å²) in [6, 6.07) is 4.33. The molecule has 1 aromatic rings. The number of aryl methyl sites for hydroxylation is 3. The fourth-order valence-electron chi connectivity index (χ4n) is 2.83. The number of hydrogen-bond acceptors (Lipinski definition) is 1. The van der Waals surface area contributed by atoms with Crippen LogP contribution in [0.15, 0.2) is 12.1 Å². The highest BCUT2D eigenvalue weighted by Crippen LogP contribution is 2.47. The minimum atomic E-state index is -0.623. The monoisotopic (exact) mass is 204 g/mol. The zero-order valence-corrected chi connectivity index (χ0v) is 10.1. The number of hydrogen-bond donors (Lipinski definition) is 1. The van der Waals surface area contributed by atoms with Gasteiger partial charge in [-0.3, -0.25) is 0 Å². The van der Waals surface area contributed by atoms with Gasteiger partial charge in [0.1, 0.15) is 0 Å². The van der Waals surface area contributed by atoms with Gasteiger partial charge in [0.05, 0.1) is 5.60 Å². The summed E-state index contributed by atoms with van der Waals surface area (Å²) in [6.07, 6.45) is 2.33. The molecule has 0 saturated heterocycles. The summed E-state index contributed by atoms with van der Waals surface area (Å²) in [6.45, 7) is 8.28. The van der Waals surface area contributed by atoms with Gasteiger partial charge >= 0.3 is 0 Å². The molecule has 0 unspecified atom stereocenters. The largest absolute Gasteiger partial charge is 0.385 e. The molecule has 1 atom stereocenters. The summed E-state index contributed by atoms with van der Waals surface area (Å²) in [5.41, 5.74) is 4.26. The Hall–Kier alpha value is -0.820. The summed E-state index contributed by atoms with van der Waals surface area (Å²) in [4.78, 5) is 0. The summed E-state index contributed by atoms with van der Waals surface area (Å²) < 4.78 is 0. The Balaban J connectivity index is 2.51. The van der Waals surface area contributed by atoms with Gasteiger partial charge in [-0.1, -0.05) is 17.7 Å². The highest BCUT2D eigenvalue weighted by atomic mass is 16.3. The lowest BCUT2D eigenvalue weighted by molar-refractivity contribution is 0.0318. The van der Waals surface area contributed by atoms with Crippen molar-refractivity contribution in [3.8, 4) is 0 Å². The lowest BCUT2D eigenvalue weighted by Crippen LogP contribution is -2.26. The molecule has 0 heterocycles. The molecule has 1 nitrogen and oxygen atoms in total. The van der Waals surface area contributed by atoms with Crippen LogP contribution in [-0.4, -0.2) is 5.11 Å². The van der Waals surface area contributed by atoms with Gasteiger partial charge in [0, 0.05) is 0 Å². The van der Waals surface area contributed by atoms with Crippen LogP contribution in [0.3, 0.4) is 0 Å². The smallest absolute Gasteiger partial charge is 0.0901 e. The van der Waals surface area contributed by atoms with Gasteiger partial charge in [-0.15, -0.1) is 0 Å². The van der Waals surface area contributed by atoms with E-state index in [2.05, 4.69) is 32.9 Å². The fourth-order valence-corrected chi connectivity index (χ4v) is 2.83. The molecule has 1 N–H and O–H groups in total. The predicted octanol–water partition coefficient (Wildman–Crippen LogP) is 3.23. The maximum absolute atomic E-state index is 10.6. The first-order valence-electron chi connectivity index (χ1n) is 5.73. The molecule has 2 rings (SSSR count). The van der Waals surface area contributed by atoms with E-state index >= 15 is 0 Å². The molecular formula is C14H20O. The second kappa shape index (κ2) is 3.34. The zero-order chi connectivity index (χ0) is 11.2. The Morgan fingerprint density at radius 1 is 1.13 bits per heavy atom. The van der Waals surface area contributed by atoms with Crippen LogP contribution in [0.4, 0.5) is 0 Å². The molecule has 1 aliphatic carbocycles. The molecule has 82 valence electrons. The Kier molecular flexibility index (Phi) is 2.38. The second-order valence-electron chi connectivity index (χ2n) is 5.20. The van der Waals surface area contributed by atoms with E-state index in [1.165, 1.54) is 29.5 Å². The SMILES string of the molecule is Cc1cc(C)c([C@@](C)(O)C2CC2)c(C)c1. The summed E-state index contributed by atoms with van der Waals surface area (Å²) in [5.74, 6) is 0.470. The third-order valence-electron chi connectivity index (χ3n) is 3.56. The van der Waals surface area contributed by atoms with E-state index in [1.807, 2.05) is 6.92 Å². The van der Waals surface area contributed by atoms with E-state index in [9.17, 15) is 5.11 Å². The van der Waals surface area contributed by atoms with Crippen LogP contribution in [0.25, 0.3) is 0 Å². The van der Waals surface area contributed by atoms with Crippen LogP contribution < -0.4 is 0 Å². The average Bonchev–Trinajstić information content (AvgIpc) is 2.81. The van der Waals surface area contributed by atoms with Gasteiger partial charge in [-0.2, -0.15) is 0 Å². The molecule has 1 heteroatoms. The van der Waals surface area contributed by atoms with E-state index < -0.39 is 5.60 Å². The molecule has 0 aromatic heterocycles. The minimum absolute atomic E-state index is 0.470. The first-order chi connectivity index (χ1) is 6.93. The quantitative estimate of drug-likeness (QED) is 0.784. The van der Waals surface area contributed by atoms with Crippen molar-refractivity contribution in [3.63, 3.8) is 0 Å². The Labute approximate surface area is 92.1 Å². The second-order valence-corrected chi connectivity index (χ2v) is 5.20. The molecule has 0 amide bonds. The van der Waals surface area contributed by atoms with Crippen LogP contribution in [-0.2, 0) is 5.60 Å². The molecule has 0 aliphatic heterocycles. The average molecular weight is 204 g/mol. The van der Waals surface area contributed by atoms with Crippen LogP contribution in [0.1, 0.15) is 42.0 Å². The number of aliphatic hydroxyl groups is 1. The van der Waals surface area contributed by atoms with Crippen LogP contribution in [0.2, 0.25) is 0 Å². The summed E-state index contributed by atoms with van der Waals surface area (Å²) in [5, 5.41) is 10.6. The van der Waals surface area contributed by atoms with Crippen LogP contribution in [0, 0.1) is 26.7 Å². The van der Waals surface area contributed by atoms with Crippen molar-refractivity contribution in [2.24, 2.45) is 5.92 Å². The molecule has 15 heavy (non-hydrogen) atoms. The van der Waals surface area contributed by atoms with Gasteiger partial charge in [-0.25, -0.2) is 0 Å². The van der Waals surface area contributed by atoms with E-state index in [0.717, 1.165) is 5.56 Å². The predicted molar refractivity (Wildman–Crippen MR) is 62.9 cm³/mol. The summed E-state index contributed by atoms with van der Waals surface area (Å²) in [7, 11) is 0. The molecule has 1 aromatic carbocycles. The van der Waals surface area contributed by atoms with Crippen molar-refractivity contribution in [2.45, 2.75) is 46.1 Å². The Morgan fingerprint density at radius 3 is 2.00 bits per heavy atom. The normalized spacial score (nSPS) is 20.1. The van der Waals surface area contributed by atoms with E-state index in [4.69, 9.17) is 0 Å². The molecule has 0 spiro atoms. The first kappa shape index (κ1) is 10.7. The van der Waals surface area contributed by atoms with Crippen molar-refractivity contribution in [2.75, 3.05) is 0 Å². The lowest BCUT2D eigenvalue weighted by atomic mass is 9.84. The highest BCUT2D eigenvalue weighted by Gasteiger charge is 2.42. The number of benzene rings is 1. The van der Waals surface area contributed by atoms with Crippen LogP contribution >= 0.6 is 0 Å². The Bertz CT molecular complexity index is 363. The van der Waals surface area contributed by atoms with E-state index in [1.54, 1.807) is 0 Å². The lowest BCUT2D eigenvalue weighted by Gasteiger charge is -2.28. The third-order valence-corrected chi connectivity index (χ3v) is 3.56. The van der Waals surface area contributed by atoms with E-state index in [0.29, 0.717) is 5.92 Å². The van der Waals surface area contributed by atoms with Crippen LogP contribution in [0.5, 0.6) is 0 Å². The third kappa shape index (κ3) is 1.81. The summed E-state index contributed by atoms with van der Waals surface area (Å²) >= 11 is 0. The van der Waals surface area contributed by atoms with Gasteiger partial charge in [0.15, 0.2) is 0 Å². The maximum Gasteiger partial charge on any atom is 0.0901 e. The Morgan fingerprint density at radius 2 is 1.60 bits per heavy atom. The topological polar surface area (TPSA) is 20.2 Å². The van der Waals surface area contributed by atoms with Crippen molar-refractivity contribution in [1.29, 1.82) is 0 Å². The van der Waals surface area contributed by atoms with Crippen molar-refractivity contribution >= 4 is 0 Å². The van der Waals surface area contributed by atoms with Gasteiger partial charge in [-0.05, 0) is 63.1 Å². The highest BCUT2D eigenvalue weighted by molar-refractivity contribution is 5.42. The van der Waals surface area contributed by atoms with E-state index in [-0.39, 0.29) is 0 Å². The molecular weight excluding hydrogens is 184 g/mol. The number of rotatable bonds is 2. The first-order valence-corrected chi connectivity index (χ1v) is 5.73. The zero-order valence-electron chi connectivity index (χ0n) is 10.1. The molecule has 0 bridgehead atoms. The maximum atomic E-state index is 10.6. The van der Waals surface area contributed by atoms with Crippen molar-refractivity contribution in [1.82, 2.24) is 0 Å². The molecule has 1 aliphatic rings. The van der Waals surface area contributed by atoms with Gasteiger partial charge < -0.3 is 5.11 Å². The molecule has 1 saturated carbocycles.